The predicted molar refractivity (Wildman–Crippen MR) is 71.4 cm³/mol. The van der Waals surface area contributed by atoms with Crippen molar-refractivity contribution < 1.29 is 22.4 Å². The van der Waals surface area contributed by atoms with Crippen LogP contribution in [-0.4, -0.2) is 17.3 Å². The van der Waals surface area contributed by atoms with E-state index in [1.54, 1.807) is 0 Å². The van der Waals surface area contributed by atoms with Crippen molar-refractivity contribution in [1.29, 1.82) is 0 Å². The van der Waals surface area contributed by atoms with Crippen molar-refractivity contribution >= 4 is 21.8 Å². The summed E-state index contributed by atoms with van der Waals surface area (Å²) in [7, 11) is 0. The summed E-state index contributed by atoms with van der Waals surface area (Å²) in [6, 6.07) is 2.09. The second-order valence-electron chi connectivity index (χ2n) is 4.25. The van der Waals surface area contributed by atoms with Gasteiger partial charge in [0.2, 0.25) is 0 Å². The Morgan fingerprint density at radius 1 is 1.40 bits per heavy atom. The van der Waals surface area contributed by atoms with Gasteiger partial charge in [-0.3, -0.25) is 4.79 Å². The quantitative estimate of drug-likeness (QED) is 0.624. The van der Waals surface area contributed by atoms with E-state index in [0.29, 0.717) is 30.3 Å². The molecule has 0 radical (unpaired) electrons. The van der Waals surface area contributed by atoms with E-state index in [1.807, 2.05) is 6.92 Å². The molecule has 0 heterocycles. The van der Waals surface area contributed by atoms with Crippen LogP contribution in [0.25, 0.3) is 0 Å². The van der Waals surface area contributed by atoms with Crippen LogP contribution in [0.5, 0.6) is 0 Å². The van der Waals surface area contributed by atoms with Crippen LogP contribution >= 0.6 is 15.9 Å². The van der Waals surface area contributed by atoms with Gasteiger partial charge >= 0.3 is 6.18 Å². The van der Waals surface area contributed by atoms with Crippen molar-refractivity contribution in [3.8, 4) is 0 Å². The predicted octanol–water partition coefficient (Wildman–Crippen LogP) is 4.14. The first-order valence-electron chi connectivity index (χ1n) is 6.03. The van der Waals surface area contributed by atoms with Crippen molar-refractivity contribution in [2.24, 2.45) is 0 Å². The first-order valence-corrected chi connectivity index (χ1v) is 7.15. The van der Waals surface area contributed by atoms with Gasteiger partial charge in [-0.15, -0.1) is 0 Å². The van der Waals surface area contributed by atoms with Crippen molar-refractivity contribution in [3.63, 3.8) is 0 Å². The van der Waals surface area contributed by atoms with Crippen LogP contribution in [0.3, 0.4) is 0 Å². The molecular weight excluding hydrogens is 342 g/mol. The zero-order valence-electron chi connectivity index (χ0n) is 10.7. The molecule has 0 aromatic heterocycles. The lowest BCUT2D eigenvalue weighted by Gasteiger charge is -2.16. The molecule has 1 N–H and O–H groups in total. The third kappa shape index (κ3) is 4.47. The standard InChI is InChI=1S/C13H14BrF4NO/c1-2-9(5-6-14)19-12(20)8-3-4-11(15)10(7-8)13(16,17)18/h3-4,7,9H,2,5-6H2,1H3,(H,19,20). The maximum absolute atomic E-state index is 13.1. The third-order valence-electron chi connectivity index (χ3n) is 2.82. The Morgan fingerprint density at radius 3 is 2.55 bits per heavy atom. The highest BCUT2D eigenvalue weighted by Crippen LogP contribution is 2.31. The van der Waals surface area contributed by atoms with Gasteiger partial charge in [-0.25, -0.2) is 4.39 Å². The molecule has 1 unspecified atom stereocenters. The number of carbonyl (C=O) groups is 1. The molecule has 0 saturated carbocycles. The number of halogens is 5. The van der Waals surface area contributed by atoms with Crippen molar-refractivity contribution in [2.75, 3.05) is 5.33 Å². The average Bonchev–Trinajstić information content (AvgIpc) is 2.37. The molecule has 0 fully saturated rings. The van der Waals surface area contributed by atoms with Gasteiger partial charge in [-0.05, 0) is 31.0 Å². The molecule has 0 saturated heterocycles. The Hall–Kier alpha value is -1.11. The van der Waals surface area contributed by atoms with E-state index in [4.69, 9.17) is 0 Å². The lowest BCUT2D eigenvalue weighted by Crippen LogP contribution is -2.34. The summed E-state index contributed by atoms with van der Waals surface area (Å²) >= 11 is 3.23. The van der Waals surface area contributed by atoms with Crippen LogP contribution in [-0.2, 0) is 6.18 Å². The minimum atomic E-state index is -4.82. The zero-order chi connectivity index (χ0) is 15.3. The fourth-order valence-electron chi connectivity index (χ4n) is 1.66. The minimum Gasteiger partial charge on any atom is -0.349 e. The molecule has 1 aromatic carbocycles. The van der Waals surface area contributed by atoms with Gasteiger partial charge in [0.25, 0.3) is 5.91 Å². The highest BCUT2D eigenvalue weighted by Gasteiger charge is 2.34. The number of alkyl halides is 4. The molecule has 1 aromatic rings. The first-order chi connectivity index (χ1) is 9.29. The van der Waals surface area contributed by atoms with Crippen LogP contribution in [0.1, 0.15) is 35.7 Å². The van der Waals surface area contributed by atoms with Gasteiger partial charge in [0.15, 0.2) is 0 Å². The van der Waals surface area contributed by atoms with Gasteiger partial charge in [0, 0.05) is 16.9 Å². The summed E-state index contributed by atoms with van der Waals surface area (Å²) in [6.45, 7) is 1.86. The molecule has 0 aliphatic rings. The van der Waals surface area contributed by atoms with Gasteiger partial charge in [0.1, 0.15) is 5.82 Å². The van der Waals surface area contributed by atoms with Gasteiger partial charge in [0.05, 0.1) is 5.56 Å². The third-order valence-corrected chi connectivity index (χ3v) is 3.28. The van der Waals surface area contributed by atoms with Crippen LogP contribution in [0.4, 0.5) is 17.6 Å². The average molecular weight is 356 g/mol. The van der Waals surface area contributed by atoms with Crippen molar-refractivity contribution in [1.82, 2.24) is 5.32 Å². The molecule has 0 aliphatic carbocycles. The Bertz CT molecular complexity index is 476. The van der Waals surface area contributed by atoms with Gasteiger partial charge < -0.3 is 5.32 Å². The first kappa shape index (κ1) is 16.9. The molecule has 0 aliphatic heterocycles. The molecule has 1 rings (SSSR count). The highest BCUT2D eigenvalue weighted by atomic mass is 79.9. The van der Waals surface area contributed by atoms with Crippen molar-refractivity contribution in [2.45, 2.75) is 32.0 Å². The normalized spacial score (nSPS) is 13.1. The number of rotatable bonds is 5. The lowest BCUT2D eigenvalue weighted by atomic mass is 10.1. The maximum atomic E-state index is 13.1. The molecule has 0 spiro atoms. The van der Waals surface area contributed by atoms with Gasteiger partial charge in [-0.2, -0.15) is 13.2 Å². The monoisotopic (exact) mass is 355 g/mol. The lowest BCUT2D eigenvalue weighted by molar-refractivity contribution is -0.140. The highest BCUT2D eigenvalue weighted by molar-refractivity contribution is 9.09. The topological polar surface area (TPSA) is 29.1 Å². The number of hydrogen-bond acceptors (Lipinski definition) is 1. The number of benzene rings is 1. The zero-order valence-corrected chi connectivity index (χ0v) is 12.3. The molecule has 7 heteroatoms. The maximum Gasteiger partial charge on any atom is 0.419 e. The summed E-state index contributed by atoms with van der Waals surface area (Å²) in [5, 5.41) is 3.29. The smallest absolute Gasteiger partial charge is 0.349 e. The van der Waals surface area contributed by atoms with Crippen LogP contribution in [0.2, 0.25) is 0 Å². The molecule has 1 amide bonds. The molecule has 1 atom stereocenters. The number of carbonyl (C=O) groups excluding carboxylic acids is 1. The Kier molecular flexibility index (Phi) is 5.98. The molecule has 20 heavy (non-hydrogen) atoms. The summed E-state index contributed by atoms with van der Waals surface area (Å²) in [4.78, 5) is 11.9. The molecule has 2 nitrogen and oxygen atoms in total. The van der Waals surface area contributed by atoms with E-state index in [0.717, 1.165) is 6.07 Å². The fraction of sp³-hybridized carbons (Fsp3) is 0.462. The van der Waals surface area contributed by atoms with E-state index in [-0.39, 0.29) is 11.6 Å². The van der Waals surface area contributed by atoms with E-state index < -0.39 is 23.5 Å². The van der Waals surface area contributed by atoms with Gasteiger partial charge in [-0.1, -0.05) is 22.9 Å². The molecular formula is C13H14BrF4NO. The van der Waals surface area contributed by atoms with Crippen LogP contribution < -0.4 is 5.32 Å². The van der Waals surface area contributed by atoms with Crippen LogP contribution in [0, 0.1) is 5.82 Å². The van der Waals surface area contributed by atoms with E-state index in [9.17, 15) is 22.4 Å². The summed E-state index contributed by atoms with van der Waals surface area (Å²) in [6.07, 6.45) is -3.50. The largest absolute Gasteiger partial charge is 0.419 e. The minimum absolute atomic E-state index is 0.138. The van der Waals surface area contributed by atoms with Crippen molar-refractivity contribution in [3.05, 3.63) is 35.1 Å². The van der Waals surface area contributed by atoms with E-state index in [1.165, 1.54) is 0 Å². The number of nitrogens with one attached hydrogen (secondary N) is 1. The number of amides is 1. The molecule has 112 valence electrons. The second-order valence-corrected chi connectivity index (χ2v) is 5.04. The SMILES string of the molecule is CCC(CCBr)NC(=O)c1ccc(F)c(C(F)(F)F)c1. The van der Waals surface area contributed by atoms with E-state index in [2.05, 4.69) is 21.2 Å². The summed E-state index contributed by atoms with van der Waals surface area (Å²) in [5.41, 5.74) is -1.63. The second kappa shape index (κ2) is 7.06. The Balaban J connectivity index is 2.94. The summed E-state index contributed by atoms with van der Waals surface area (Å²) < 4.78 is 50.8. The van der Waals surface area contributed by atoms with E-state index >= 15 is 0 Å². The Labute approximate surface area is 122 Å². The van der Waals surface area contributed by atoms with Crippen LogP contribution in [0.15, 0.2) is 18.2 Å². The Morgan fingerprint density at radius 2 is 2.05 bits per heavy atom. The fourth-order valence-corrected chi connectivity index (χ4v) is 2.22. The molecule has 0 bridgehead atoms. The summed E-state index contributed by atoms with van der Waals surface area (Å²) in [5.74, 6) is -2.02. The number of hydrogen-bond donors (Lipinski definition) is 1.